The average Bonchev–Trinajstić information content (AvgIpc) is 2.68. The molecule has 2 N–H and O–H groups in total. The van der Waals surface area contributed by atoms with E-state index in [1.807, 2.05) is 20.8 Å². The summed E-state index contributed by atoms with van der Waals surface area (Å²) in [5.74, 6) is -0.203. The number of piperidine rings is 1. The fraction of sp³-hybridized carbons (Fsp3) is 0.440. The van der Waals surface area contributed by atoms with Crippen LogP contribution in [0.3, 0.4) is 0 Å². The number of carbonyl (C=O) groups excluding carboxylic acids is 2. The molecule has 0 aliphatic carbocycles. The number of aryl methyl sites for hydroxylation is 1. The molecule has 1 fully saturated rings. The van der Waals surface area contributed by atoms with E-state index in [2.05, 4.69) is 46.7 Å². The first kappa shape index (κ1) is 22.0. The molecule has 1 saturated heterocycles. The van der Waals surface area contributed by atoms with Crippen molar-refractivity contribution in [1.29, 1.82) is 0 Å². The van der Waals surface area contributed by atoms with Crippen LogP contribution in [0, 0.1) is 6.92 Å². The first-order chi connectivity index (χ1) is 14.2. The topological polar surface area (TPSA) is 61.4 Å². The van der Waals surface area contributed by atoms with Crippen LogP contribution < -0.4 is 10.6 Å². The molecular formula is C25H33N3O2. The van der Waals surface area contributed by atoms with E-state index in [4.69, 9.17) is 0 Å². The number of hydrogen-bond acceptors (Lipinski definition) is 3. The normalized spacial score (nSPS) is 15.6. The van der Waals surface area contributed by atoms with Crippen LogP contribution in [0.25, 0.3) is 0 Å². The summed E-state index contributed by atoms with van der Waals surface area (Å²) >= 11 is 0. The monoisotopic (exact) mass is 407 g/mol. The lowest BCUT2D eigenvalue weighted by Crippen LogP contribution is -2.44. The van der Waals surface area contributed by atoms with Gasteiger partial charge in [0, 0.05) is 42.3 Å². The van der Waals surface area contributed by atoms with Gasteiger partial charge < -0.3 is 10.6 Å². The number of nitrogens with one attached hydrogen (secondary N) is 2. The second-order valence-corrected chi connectivity index (χ2v) is 9.29. The third-order valence-corrected chi connectivity index (χ3v) is 5.31. The smallest absolute Gasteiger partial charge is 0.251 e. The first-order valence-electron chi connectivity index (χ1n) is 10.7. The molecule has 3 rings (SSSR count). The van der Waals surface area contributed by atoms with Crippen LogP contribution in [0.4, 0.5) is 0 Å². The number of carbonyl (C=O) groups is 2. The second-order valence-electron chi connectivity index (χ2n) is 9.29. The maximum absolute atomic E-state index is 12.6. The molecule has 2 aromatic rings. The molecule has 0 aromatic heterocycles. The lowest BCUT2D eigenvalue weighted by atomic mass is 10.0. The molecule has 1 aliphatic rings. The molecule has 160 valence electrons. The molecule has 0 saturated carbocycles. The average molecular weight is 408 g/mol. The van der Waals surface area contributed by atoms with E-state index in [1.54, 1.807) is 24.3 Å². The summed E-state index contributed by atoms with van der Waals surface area (Å²) in [4.78, 5) is 27.3. The van der Waals surface area contributed by atoms with Crippen LogP contribution in [-0.4, -0.2) is 41.4 Å². The first-order valence-corrected chi connectivity index (χ1v) is 10.7. The summed E-state index contributed by atoms with van der Waals surface area (Å²) in [5, 5.41) is 6.08. The predicted octanol–water partition coefficient (Wildman–Crippen LogP) is 3.92. The molecule has 2 amide bonds. The zero-order chi connectivity index (χ0) is 21.7. The fourth-order valence-corrected chi connectivity index (χ4v) is 3.76. The summed E-state index contributed by atoms with van der Waals surface area (Å²) in [5.41, 5.74) is 3.49. The molecule has 30 heavy (non-hydrogen) atoms. The van der Waals surface area contributed by atoms with Crippen molar-refractivity contribution in [3.63, 3.8) is 0 Å². The number of amides is 2. The maximum atomic E-state index is 12.6. The van der Waals surface area contributed by atoms with Gasteiger partial charge in [-0.15, -0.1) is 0 Å². The Bertz CT molecular complexity index is 876. The highest BCUT2D eigenvalue weighted by Crippen LogP contribution is 2.16. The summed E-state index contributed by atoms with van der Waals surface area (Å²) in [7, 11) is 0. The highest BCUT2D eigenvalue weighted by molar-refractivity contribution is 5.98. The van der Waals surface area contributed by atoms with Crippen molar-refractivity contribution in [3.8, 4) is 0 Å². The largest absolute Gasteiger partial charge is 0.349 e. The van der Waals surface area contributed by atoms with Crippen LogP contribution in [0.5, 0.6) is 0 Å². The van der Waals surface area contributed by atoms with Gasteiger partial charge in [-0.25, -0.2) is 0 Å². The molecule has 0 atom stereocenters. The minimum atomic E-state index is -0.290. The Labute approximate surface area is 179 Å². The van der Waals surface area contributed by atoms with E-state index in [0.717, 1.165) is 32.5 Å². The number of likely N-dealkylation sites (tertiary alicyclic amines) is 1. The van der Waals surface area contributed by atoms with Crippen LogP contribution in [0.2, 0.25) is 0 Å². The SMILES string of the molecule is Cc1cccc(CN2CCC(NC(=O)c3ccc(C(=O)NC(C)(C)C)cc3)CC2)c1. The molecule has 0 radical (unpaired) electrons. The van der Waals surface area contributed by atoms with E-state index < -0.39 is 0 Å². The summed E-state index contributed by atoms with van der Waals surface area (Å²) in [6, 6.07) is 15.7. The Kier molecular flexibility index (Phi) is 6.93. The van der Waals surface area contributed by atoms with Gasteiger partial charge in [0.15, 0.2) is 0 Å². The Morgan fingerprint density at radius 1 is 0.967 bits per heavy atom. The quantitative estimate of drug-likeness (QED) is 0.790. The molecule has 5 nitrogen and oxygen atoms in total. The Morgan fingerprint density at radius 2 is 1.57 bits per heavy atom. The van der Waals surface area contributed by atoms with Gasteiger partial charge in [-0.3, -0.25) is 14.5 Å². The minimum absolute atomic E-state index is 0.0742. The summed E-state index contributed by atoms with van der Waals surface area (Å²) < 4.78 is 0. The summed E-state index contributed by atoms with van der Waals surface area (Å²) in [6.07, 6.45) is 1.90. The van der Waals surface area contributed by atoms with E-state index in [0.29, 0.717) is 11.1 Å². The number of nitrogens with zero attached hydrogens (tertiary/aromatic N) is 1. The highest BCUT2D eigenvalue weighted by atomic mass is 16.2. The Morgan fingerprint density at radius 3 is 2.13 bits per heavy atom. The van der Waals surface area contributed by atoms with Gasteiger partial charge in [0.05, 0.1) is 0 Å². The zero-order valence-corrected chi connectivity index (χ0v) is 18.5. The molecule has 1 heterocycles. The van der Waals surface area contributed by atoms with Crippen molar-refractivity contribution in [2.45, 2.75) is 58.7 Å². The third-order valence-electron chi connectivity index (χ3n) is 5.31. The number of rotatable bonds is 5. The molecular weight excluding hydrogens is 374 g/mol. The standard InChI is InChI=1S/C25H33N3O2/c1-18-6-5-7-19(16-18)17-28-14-12-22(13-15-28)26-23(29)20-8-10-21(11-9-20)24(30)27-25(2,3)4/h5-11,16,22H,12-15,17H2,1-4H3,(H,26,29)(H,27,30). The Balaban J connectivity index is 1.48. The van der Waals surface area contributed by atoms with E-state index in [9.17, 15) is 9.59 Å². The van der Waals surface area contributed by atoms with Crippen LogP contribution in [-0.2, 0) is 6.54 Å². The highest BCUT2D eigenvalue weighted by Gasteiger charge is 2.21. The van der Waals surface area contributed by atoms with Crippen molar-refractivity contribution in [2.75, 3.05) is 13.1 Å². The second kappa shape index (κ2) is 9.43. The van der Waals surface area contributed by atoms with Crippen molar-refractivity contribution < 1.29 is 9.59 Å². The summed E-state index contributed by atoms with van der Waals surface area (Å²) in [6.45, 7) is 10.9. The number of benzene rings is 2. The fourth-order valence-electron chi connectivity index (χ4n) is 3.76. The lowest BCUT2D eigenvalue weighted by molar-refractivity contribution is 0.0900. The van der Waals surface area contributed by atoms with Gasteiger partial charge in [-0.1, -0.05) is 29.8 Å². The molecule has 2 aromatic carbocycles. The zero-order valence-electron chi connectivity index (χ0n) is 18.5. The van der Waals surface area contributed by atoms with Gasteiger partial charge in [-0.05, 0) is 70.4 Å². The van der Waals surface area contributed by atoms with Gasteiger partial charge in [0.25, 0.3) is 11.8 Å². The van der Waals surface area contributed by atoms with Gasteiger partial charge in [0.1, 0.15) is 0 Å². The Hall–Kier alpha value is -2.66. The molecule has 0 unspecified atom stereocenters. The third kappa shape index (κ3) is 6.42. The van der Waals surface area contributed by atoms with Crippen molar-refractivity contribution >= 4 is 11.8 Å². The van der Waals surface area contributed by atoms with E-state index >= 15 is 0 Å². The van der Waals surface area contributed by atoms with E-state index in [1.165, 1.54) is 11.1 Å². The van der Waals surface area contributed by atoms with Gasteiger partial charge in [0.2, 0.25) is 0 Å². The van der Waals surface area contributed by atoms with Gasteiger partial charge in [-0.2, -0.15) is 0 Å². The number of hydrogen-bond donors (Lipinski definition) is 2. The van der Waals surface area contributed by atoms with Crippen LogP contribution in [0.1, 0.15) is 65.5 Å². The van der Waals surface area contributed by atoms with E-state index in [-0.39, 0.29) is 23.4 Å². The molecule has 5 heteroatoms. The maximum Gasteiger partial charge on any atom is 0.251 e. The van der Waals surface area contributed by atoms with Crippen LogP contribution in [0.15, 0.2) is 48.5 Å². The predicted molar refractivity (Wildman–Crippen MR) is 121 cm³/mol. The molecule has 1 aliphatic heterocycles. The van der Waals surface area contributed by atoms with Crippen LogP contribution >= 0.6 is 0 Å². The van der Waals surface area contributed by atoms with Gasteiger partial charge >= 0.3 is 0 Å². The molecule has 0 bridgehead atoms. The molecule has 0 spiro atoms. The van der Waals surface area contributed by atoms with Crippen molar-refractivity contribution in [2.24, 2.45) is 0 Å². The van der Waals surface area contributed by atoms with Crippen molar-refractivity contribution in [3.05, 3.63) is 70.8 Å². The van der Waals surface area contributed by atoms with Crippen molar-refractivity contribution in [1.82, 2.24) is 15.5 Å². The minimum Gasteiger partial charge on any atom is -0.349 e. The lowest BCUT2D eigenvalue weighted by Gasteiger charge is -2.32.